The first kappa shape index (κ1) is 21.9. The number of anilines is 1. The number of benzene rings is 2. The highest BCUT2D eigenvalue weighted by atomic mass is 35.5. The van der Waals surface area contributed by atoms with E-state index in [-0.39, 0.29) is 11.8 Å². The second-order valence-corrected chi connectivity index (χ2v) is 9.49. The van der Waals surface area contributed by atoms with Gasteiger partial charge in [0.1, 0.15) is 0 Å². The minimum absolute atomic E-state index is 0.119. The van der Waals surface area contributed by atoms with Gasteiger partial charge in [-0.25, -0.2) is 0 Å². The molecule has 0 radical (unpaired) electrons. The highest BCUT2D eigenvalue weighted by Crippen LogP contribution is 2.39. The normalized spacial score (nSPS) is 20.3. The number of nitrogens with one attached hydrogen (secondary N) is 2. The molecule has 2 aromatic rings. The molecule has 0 bridgehead atoms. The number of fused-ring (bicyclic) bond motifs is 1. The maximum Gasteiger partial charge on any atom is 0.262 e. The lowest BCUT2D eigenvalue weighted by molar-refractivity contribution is -0.112. The van der Waals surface area contributed by atoms with Crippen molar-refractivity contribution in [1.82, 2.24) is 10.2 Å². The van der Waals surface area contributed by atoms with Gasteiger partial charge in [0.25, 0.3) is 11.8 Å². The fourth-order valence-electron chi connectivity index (χ4n) is 3.95. The Kier molecular flexibility index (Phi) is 7.00. The second kappa shape index (κ2) is 9.90. The van der Waals surface area contributed by atoms with E-state index in [1.165, 1.54) is 31.0 Å². The molecule has 1 unspecified atom stereocenters. The second-order valence-electron chi connectivity index (χ2n) is 7.97. The molecule has 2 heterocycles. The van der Waals surface area contributed by atoms with E-state index in [2.05, 4.69) is 22.5 Å². The van der Waals surface area contributed by atoms with E-state index >= 15 is 0 Å². The van der Waals surface area contributed by atoms with Crippen LogP contribution in [-0.2, 0) is 4.79 Å². The molecule has 0 spiro atoms. The molecule has 0 aromatic heterocycles. The van der Waals surface area contributed by atoms with Crippen molar-refractivity contribution in [3.63, 3.8) is 0 Å². The Morgan fingerprint density at radius 2 is 2.16 bits per heavy atom. The number of carbonyl (C=O) groups is 2. The smallest absolute Gasteiger partial charge is 0.262 e. The van der Waals surface area contributed by atoms with Gasteiger partial charge in [-0.15, -0.1) is 0 Å². The Bertz CT molecular complexity index is 1020. The number of thioether (sulfide) groups is 1. The topological polar surface area (TPSA) is 61.4 Å². The first-order valence-corrected chi connectivity index (χ1v) is 11.8. The molecule has 2 N–H and O–H groups in total. The lowest BCUT2D eigenvalue weighted by atomic mass is 10.0. The van der Waals surface area contributed by atoms with E-state index in [1.54, 1.807) is 18.2 Å². The molecule has 4 rings (SSSR count). The van der Waals surface area contributed by atoms with Crippen molar-refractivity contribution in [2.24, 2.45) is 0 Å². The fourth-order valence-corrected chi connectivity index (χ4v) is 5.08. The van der Waals surface area contributed by atoms with Crippen LogP contribution in [0.25, 0.3) is 6.08 Å². The van der Waals surface area contributed by atoms with Crippen LogP contribution in [0.2, 0.25) is 5.02 Å². The van der Waals surface area contributed by atoms with Crippen molar-refractivity contribution in [1.29, 1.82) is 0 Å². The molecule has 2 aromatic carbocycles. The Balaban J connectivity index is 1.39. The monoisotopic (exact) mass is 455 g/mol. The SMILES string of the molecule is CC1CCCCN1CCNC(=O)c1ccc2c(c1)NC(=O)C(=Cc1cccc(Cl)c1)S2. The summed E-state index contributed by atoms with van der Waals surface area (Å²) in [5.74, 6) is -0.305. The first-order chi connectivity index (χ1) is 15.0. The number of carbonyl (C=O) groups excluding carboxylic acids is 2. The Hall–Kier alpha value is -2.28. The van der Waals surface area contributed by atoms with E-state index in [4.69, 9.17) is 11.6 Å². The van der Waals surface area contributed by atoms with Crippen molar-refractivity contribution in [2.45, 2.75) is 37.1 Å². The molecule has 1 saturated heterocycles. The average molecular weight is 456 g/mol. The van der Waals surface area contributed by atoms with Gasteiger partial charge in [0.15, 0.2) is 0 Å². The third-order valence-corrected chi connectivity index (χ3v) is 7.04. The molecule has 162 valence electrons. The number of halogens is 1. The van der Waals surface area contributed by atoms with Crippen molar-refractivity contribution in [3.8, 4) is 0 Å². The van der Waals surface area contributed by atoms with Crippen LogP contribution in [0, 0.1) is 0 Å². The predicted molar refractivity (Wildman–Crippen MR) is 128 cm³/mol. The summed E-state index contributed by atoms with van der Waals surface area (Å²) >= 11 is 7.43. The summed E-state index contributed by atoms with van der Waals surface area (Å²) in [5, 5.41) is 6.54. The number of rotatable bonds is 5. The van der Waals surface area contributed by atoms with Gasteiger partial charge in [0.2, 0.25) is 0 Å². The fraction of sp³-hybridized carbons (Fsp3) is 0.333. The number of piperidine rings is 1. The average Bonchev–Trinajstić information content (AvgIpc) is 2.75. The van der Waals surface area contributed by atoms with Gasteiger partial charge < -0.3 is 10.6 Å². The van der Waals surface area contributed by atoms with Gasteiger partial charge in [-0.2, -0.15) is 0 Å². The third kappa shape index (κ3) is 5.50. The highest BCUT2D eigenvalue weighted by molar-refractivity contribution is 8.04. The van der Waals surface area contributed by atoms with Gasteiger partial charge in [0.05, 0.1) is 10.6 Å². The molecule has 31 heavy (non-hydrogen) atoms. The quantitative estimate of drug-likeness (QED) is 0.621. The number of likely N-dealkylation sites (tertiary alicyclic amines) is 1. The first-order valence-electron chi connectivity index (χ1n) is 10.6. The molecule has 0 aliphatic carbocycles. The molecule has 2 amide bonds. The molecular weight excluding hydrogens is 430 g/mol. The third-order valence-electron chi connectivity index (χ3n) is 5.71. The lowest BCUT2D eigenvalue weighted by Gasteiger charge is -2.33. The zero-order chi connectivity index (χ0) is 21.8. The van der Waals surface area contributed by atoms with Crippen LogP contribution in [0.4, 0.5) is 5.69 Å². The standard InChI is InChI=1S/C24H26ClN3O2S/c1-16-5-2-3-11-28(16)12-10-26-23(29)18-8-9-21-20(15-18)27-24(30)22(31-21)14-17-6-4-7-19(25)13-17/h4,6-9,13-16H,2-3,5,10-12H2,1H3,(H,26,29)(H,27,30). The minimum atomic E-state index is -0.186. The lowest BCUT2D eigenvalue weighted by Crippen LogP contribution is -2.42. The van der Waals surface area contributed by atoms with E-state index in [1.807, 2.05) is 30.3 Å². The highest BCUT2D eigenvalue weighted by Gasteiger charge is 2.23. The molecule has 1 atom stereocenters. The van der Waals surface area contributed by atoms with Crippen LogP contribution in [0.5, 0.6) is 0 Å². The maximum atomic E-state index is 12.6. The summed E-state index contributed by atoms with van der Waals surface area (Å²) in [6.45, 7) is 4.83. The van der Waals surface area contributed by atoms with E-state index in [0.29, 0.717) is 33.8 Å². The zero-order valence-electron chi connectivity index (χ0n) is 17.5. The minimum Gasteiger partial charge on any atom is -0.351 e. The van der Waals surface area contributed by atoms with Gasteiger partial charge >= 0.3 is 0 Å². The number of hydrogen-bond donors (Lipinski definition) is 2. The van der Waals surface area contributed by atoms with Crippen LogP contribution in [-0.4, -0.2) is 42.4 Å². The van der Waals surface area contributed by atoms with Gasteiger partial charge in [-0.3, -0.25) is 14.5 Å². The van der Waals surface area contributed by atoms with E-state index < -0.39 is 0 Å². The molecule has 1 fully saturated rings. The summed E-state index contributed by atoms with van der Waals surface area (Å²) in [4.78, 5) is 29.1. The van der Waals surface area contributed by atoms with Crippen LogP contribution < -0.4 is 10.6 Å². The van der Waals surface area contributed by atoms with E-state index in [9.17, 15) is 9.59 Å². The number of amides is 2. The van der Waals surface area contributed by atoms with Gasteiger partial charge in [-0.1, -0.05) is 41.9 Å². The summed E-state index contributed by atoms with van der Waals surface area (Å²) in [6.07, 6.45) is 5.56. The van der Waals surface area contributed by atoms with E-state index in [0.717, 1.165) is 23.5 Å². The summed E-state index contributed by atoms with van der Waals surface area (Å²) in [6, 6.07) is 13.4. The summed E-state index contributed by atoms with van der Waals surface area (Å²) in [5.41, 5.74) is 2.08. The molecule has 7 heteroatoms. The molecule has 0 saturated carbocycles. The molecule has 5 nitrogen and oxygen atoms in total. The van der Waals surface area contributed by atoms with Gasteiger partial charge in [0, 0.05) is 34.6 Å². The summed E-state index contributed by atoms with van der Waals surface area (Å²) < 4.78 is 0. The number of nitrogens with zero attached hydrogens (tertiary/aromatic N) is 1. The van der Waals surface area contributed by atoms with Crippen LogP contribution in [0.3, 0.4) is 0 Å². The predicted octanol–water partition coefficient (Wildman–Crippen LogP) is 5.03. The van der Waals surface area contributed by atoms with Crippen molar-refractivity contribution in [3.05, 3.63) is 63.5 Å². The van der Waals surface area contributed by atoms with Crippen LogP contribution in [0.15, 0.2) is 52.3 Å². The van der Waals surface area contributed by atoms with Crippen molar-refractivity contribution >= 4 is 46.9 Å². The summed E-state index contributed by atoms with van der Waals surface area (Å²) in [7, 11) is 0. The van der Waals surface area contributed by atoms with Crippen molar-refractivity contribution < 1.29 is 9.59 Å². The molecule has 2 aliphatic rings. The Morgan fingerprint density at radius 1 is 1.29 bits per heavy atom. The largest absolute Gasteiger partial charge is 0.351 e. The number of hydrogen-bond acceptors (Lipinski definition) is 4. The molecule has 2 aliphatic heterocycles. The van der Waals surface area contributed by atoms with Crippen LogP contribution in [0.1, 0.15) is 42.1 Å². The maximum absolute atomic E-state index is 12.6. The molecular formula is C24H26ClN3O2S. The Morgan fingerprint density at radius 3 is 2.97 bits per heavy atom. The van der Waals surface area contributed by atoms with Crippen LogP contribution >= 0.6 is 23.4 Å². The Labute approximate surface area is 192 Å². The zero-order valence-corrected chi connectivity index (χ0v) is 19.1. The van der Waals surface area contributed by atoms with Crippen molar-refractivity contribution in [2.75, 3.05) is 25.0 Å². The van der Waals surface area contributed by atoms with Gasteiger partial charge in [-0.05, 0) is 68.3 Å².